The van der Waals surface area contributed by atoms with Gasteiger partial charge in [-0.05, 0) is 32.0 Å². The van der Waals surface area contributed by atoms with E-state index in [9.17, 15) is 13.2 Å². The molecule has 16 heavy (non-hydrogen) atoms. The lowest BCUT2D eigenvalue weighted by Crippen LogP contribution is -2.30. The second-order valence-corrected chi connectivity index (χ2v) is 5.38. The average molecular weight is 242 g/mol. The van der Waals surface area contributed by atoms with Crippen LogP contribution in [0.15, 0.2) is 29.2 Å². The highest BCUT2D eigenvalue weighted by Gasteiger charge is 2.16. The Morgan fingerprint density at radius 3 is 2.50 bits per heavy atom. The number of primary amides is 1. The lowest BCUT2D eigenvalue weighted by atomic mass is 10.2. The minimum atomic E-state index is -3.57. The molecule has 1 aromatic rings. The molecule has 0 fully saturated rings. The van der Waals surface area contributed by atoms with Crippen molar-refractivity contribution in [2.45, 2.75) is 24.8 Å². The molecule has 0 spiro atoms. The second-order valence-electron chi connectivity index (χ2n) is 3.67. The Labute approximate surface area is 94.7 Å². The molecule has 0 aliphatic rings. The van der Waals surface area contributed by atoms with Crippen LogP contribution in [0.5, 0.6) is 0 Å². The molecule has 0 radical (unpaired) electrons. The summed E-state index contributed by atoms with van der Waals surface area (Å²) in [4.78, 5) is 10.9. The zero-order valence-electron chi connectivity index (χ0n) is 9.10. The number of benzene rings is 1. The van der Waals surface area contributed by atoms with E-state index in [1.807, 2.05) is 0 Å². The van der Waals surface area contributed by atoms with Crippen LogP contribution >= 0.6 is 0 Å². The number of hydrogen-bond donors (Lipinski definition) is 2. The predicted molar refractivity (Wildman–Crippen MR) is 60.4 cm³/mol. The van der Waals surface area contributed by atoms with E-state index >= 15 is 0 Å². The molecule has 0 saturated heterocycles. The van der Waals surface area contributed by atoms with Crippen molar-refractivity contribution in [2.24, 2.45) is 5.73 Å². The minimum Gasteiger partial charge on any atom is -0.366 e. The smallest absolute Gasteiger partial charge is 0.248 e. The van der Waals surface area contributed by atoms with Gasteiger partial charge in [0.05, 0.1) is 4.90 Å². The summed E-state index contributed by atoms with van der Waals surface area (Å²) in [6, 6.07) is 5.41. The maximum absolute atomic E-state index is 11.8. The Morgan fingerprint density at radius 2 is 2.00 bits per heavy atom. The number of amides is 1. The average Bonchev–Trinajstić information content (AvgIpc) is 2.16. The molecule has 1 amide bonds. The number of rotatable bonds is 4. The standard InChI is InChI=1S/C10H14N2O3S/c1-7(2)12-16(14,15)9-5-3-4-8(6-9)10(11)13/h3-7,12H,1-2H3,(H2,11,13). The molecule has 0 aromatic heterocycles. The summed E-state index contributed by atoms with van der Waals surface area (Å²) in [5.41, 5.74) is 5.25. The summed E-state index contributed by atoms with van der Waals surface area (Å²) in [5.74, 6) is -0.651. The van der Waals surface area contributed by atoms with Crippen LogP contribution in [0.3, 0.4) is 0 Å². The van der Waals surface area contributed by atoms with Gasteiger partial charge in [-0.25, -0.2) is 13.1 Å². The van der Waals surface area contributed by atoms with E-state index in [0.717, 1.165) is 0 Å². The van der Waals surface area contributed by atoms with E-state index in [1.165, 1.54) is 24.3 Å². The van der Waals surface area contributed by atoms with Crippen LogP contribution in [0.4, 0.5) is 0 Å². The normalized spacial score (nSPS) is 11.7. The molecule has 0 heterocycles. The van der Waals surface area contributed by atoms with Gasteiger partial charge in [0.2, 0.25) is 15.9 Å². The highest BCUT2D eigenvalue weighted by Crippen LogP contribution is 2.11. The Kier molecular flexibility index (Phi) is 3.66. The van der Waals surface area contributed by atoms with Crippen molar-refractivity contribution in [1.82, 2.24) is 4.72 Å². The van der Waals surface area contributed by atoms with Crippen molar-refractivity contribution in [3.8, 4) is 0 Å². The number of carbonyl (C=O) groups is 1. The first-order valence-corrected chi connectivity index (χ1v) is 6.23. The fourth-order valence-electron chi connectivity index (χ4n) is 1.19. The SMILES string of the molecule is CC(C)NS(=O)(=O)c1cccc(C(N)=O)c1. The molecule has 0 atom stereocenters. The van der Waals surface area contributed by atoms with Crippen LogP contribution in [0.2, 0.25) is 0 Å². The van der Waals surface area contributed by atoms with Crippen LogP contribution in [-0.2, 0) is 10.0 Å². The van der Waals surface area contributed by atoms with Gasteiger partial charge in [-0.3, -0.25) is 4.79 Å². The number of hydrogen-bond acceptors (Lipinski definition) is 3. The maximum Gasteiger partial charge on any atom is 0.248 e. The Hall–Kier alpha value is -1.40. The van der Waals surface area contributed by atoms with Crippen molar-refractivity contribution in [3.05, 3.63) is 29.8 Å². The van der Waals surface area contributed by atoms with Crippen molar-refractivity contribution < 1.29 is 13.2 Å². The van der Waals surface area contributed by atoms with Gasteiger partial charge in [-0.1, -0.05) is 6.07 Å². The predicted octanol–water partition coefficient (Wildman–Crippen LogP) is 0.472. The molecule has 88 valence electrons. The summed E-state index contributed by atoms with van der Waals surface area (Å²) in [6.45, 7) is 3.44. The third kappa shape index (κ3) is 3.04. The van der Waals surface area contributed by atoms with E-state index < -0.39 is 15.9 Å². The van der Waals surface area contributed by atoms with Gasteiger partial charge in [-0.2, -0.15) is 0 Å². The molecule has 1 aromatic carbocycles. The van der Waals surface area contributed by atoms with E-state index in [0.29, 0.717) is 0 Å². The third-order valence-electron chi connectivity index (χ3n) is 1.82. The molecule has 5 nitrogen and oxygen atoms in total. The topological polar surface area (TPSA) is 89.3 Å². The largest absolute Gasteiger partial charge is 0.366 e. The Morgan fingerprint density at radius 1 is 1.38 bits per heavy atom. The van der Waals surface area contributed by atoms with Crippen molar-refractivity contribution >= 4 is 15.9 Å². The highest BCUT2D eigenvalue weighted by molar-refractivity contribution is 7.89. The Balaban J connectivity index is 3.14. The zero-order valence-corrected chi connectivity index (χ0v) is 9.91. The minimum absolute atomic E-state index is 0.0394. The third-order valence-corrected chi connectivity index (χ3v) is 3.48. The first-order valence-electron chi connectivity index (χ1n) is 4.75. The maximum atomic E-state index is 11.8. The number of sulfonamides is 1. The van der Waals surface area contributed by atoms with Crippen molar-refractivity contribution in [3.63, 3.8) is 0 Å². The number of nitrogens with two attached hydrogens (primary N) is 1. The fourth-order valence-corrected chi connectivity index (χ4v) is 2.49. The van der Waals surface area contributed by atoms with E-state index in [1.54, 1.807) is 13.8 Å². The molecule has 1 rings (SSSR count). The van der Waals surface area contributed by atoms with Gasteiger partial charge in [-0.15, -0.1) is 0 Å². The molecular formula is C10H14N2O3S. The summed E-state index contributed by atoms with van der Waals surface area (Å²) in [6.07, 6.45) is 0. The second kappa shape index (κ2) is 4.63. The van der Waals surface area contributed by atoms with Crippen LogP contribution in [0, 0.1) is 0 Å². The number of nitrogens with one attached hydrogen (secondary N) is 1. The van der Waals surface area contributed by atoms with Crippen LogP contribution in [-0.4, -0.2) is 20.4 Å². The van der Waals surface area contributed by atoms with Crippen molar-refractivity contribution in [1.29, 1.82) is 0 Å². The summed E-state index contributed by atoms with van der Waals surface area (Å²) in [5, 5.41) is 0. The molecule has 6 heteroatoms. The van der Waals surface area contributed by atoms with Crippen LogP contribution in [0.25, 0.3) is 0 Å². The monoisotopic (exact) mass is 242 g/mol. The molecular weight excluding hydrogens is 228 g/mol. The van der Waals surface area contributed by atoms with E-state index in [2.05, 4.69) is 4.72 Å². The van der Waals surface area contributed by atoms with Gasteiger partial charge in [0.1, 0.15) is 0 Å². The van der Waals surface area contributed by atoms with Gasteiger partial charge < -0.3 is 5.73 Å². The summed E-state index contributed by atoms with van der Waals surface area (Å²) >= 11 is 0. The molecule has 0 saturated carbocycles. The molecule has 0 bridgehead atoms. The zero-order chi connectivity index (χ0) is 12.3. The van der Waals surface area contributed by atoms with E-state index in [4.69, 9.17) is 5.73 Å². The van der Waals surface area contributed by atoms with Gasteiger partial charge >= 0.3 is 0 Å². The van der Waals surface area contributed by atoms with Crippen molar-refractivity contribution in [2.75, 3.05) is 0 Å². The first-order chi connectivity index (χ1) is 7.33. The summed E-state index contributed by atoms with van der Waals surface area (Å²) < 4.78 is 25.9. The first kappa shape index (κ1) is 12.7. The Bertz CT molecular complexity index is 495. The quantitative estimate of drug-likeness (QED) is 0.804. The molecule has 0 aliphatic carbocycles. The van der Waals surface area contributed by atoms with Crippen LogP contribution in [0.1, 0.15) is 24.2 Å². The van der Waals surface area contributed by atoms with Gasteiger partial charge in [0, 0.05) is 11.6 Å². The summed E-state index contributed by atoms with van der Waals surface area (Å²) in [7, 11) is -3.57. The van der Waals surface area contributed by atoms with Crippen LogP contribution < -0.4 is 10.5 Å². The number of carbonyl (C=O) groups excluding carboxylic acids is 1. The molecule has 0 aliphatic heterocycles. The highest BCUT2D eigenvalue weighted by atomic mass is 32.2. The molecule has 0 unspecified atom stereocenters. The lowest BCUT2D eigenvalue weighted by molar-refractivity contribution is 0.1000. The van der Waals surface area contributed by atoms with Gasteiger partial charge in [0.15, 0.2) is 0 Å². The van der Waals surface area contributed by atoms with E-state index in [-0.39, 0.29) is 16.5 Å². The molecule has 3 N–H and O–H groups in total. The lowest BCUT2D eigenvalue weighted by Gasteiger charge is -2.09. The fraction of sp³-hybridized carbons (Fsp3) is 0.300. The van der Waals surface area contributed by atoms with Gasteiger partial charge in [0.25, 0.3) is 0 Å².